The number of benzene rings is 1. The van der Waals surface area contributed by atoms with Crippen LogP contribution in [0.4, 0.5) is 0 Å². The molecule has 0 amide bonds. The van der Waals surface area contributed by atoms with E-state index in [0.29, 0.717) is 0 Å². The first kappa shape index (κ1) is 11.3. The summed E-state index contributed by atoms with van der Waals surface area (Å²) in [6, 6.07) is 8.08. The fourth-order valence-corrected chi connectivity index (χ4v) is 1.28. The summed E-state index contributed by atoms with van der Waals surface area (Å²) < 4.78 is 0. The quantitative estimate of drug-likeness (QED) is 0.808. The summed E-state index contributed by atoms with van der Waals surface area (Å²) >= 11 is 5.77. The van der Waals surface area contributed by atoms with Crippen molar-refractivity contribution in [2.24, 2.45) is 5.73 Å². The van der Waals surface area contributed by atoms with Crippen LogP contribution in [0.1, 0.15) is 25.3 Å². The van der Waals surface area contributed by atoms with E-state index in [-0.39, 0.29) is 6.04 Å². The summed E-state index contributed by atoms with van der Waals surface area (Å²) in [5, 5.41) is 0.776. The van der Waals surface area contributed by atoms with Crippen molar-refractivity contribution in [3.8, 4) is 0 Å². The summed E-state index contributed by atoms with van der Waals surface area (Å²) in [5.41, 5.74) is 6.82. The molecule has 2 N–H and O–H groups in total. The van der Waals surface area contributed by atoms with Crippen LogP contribution in [0.25, 0.3) is 6.08 Å². The van der Waals surface area contributed by atoms with Crippen molar-refractivity contribution in [1.29, 1.82) is 0 Å². The topological polar surface area (TPSA) is 26.0 Å². The molecule has 0 aliphatic carbocycles. The van der Waals surface area contributed by atoms with E-state index in [9.17, 15) is 0 Å². The average molecular weight is 210 g/mol. The first-order valence-corrected chi connectivity index (χ1v) is 5.24. The minimum absolute atomic E-state index is 0.282. The number of allylic oxidation sites excluding steroid dienone is 1. The van der Waals surface area contributed by atoms with E-state index in [4.69, 9.17) is 17.3 Å². The number of halogens is 1. The molecule has 1 aromatic rings. The Balaban J connectivity index is 2.40. The lowest BCUT2D eigenvalue weighted by molar-refractivity contribution is 0.677. The van der Waals surface area contributed by atoms with Gasteiger partial charge in [-0.3, -0.25) is 0 Å². The maximum absolute atomic E-state index is 5.77. The minimum Gasteiger partial charge on any atom is -0.328 e. The van der Waals surface area contributed by atoms with E-state index in [2.05, 4.69) is 12.2 Å². The molecule has 0 saturated heterocycles. The van der Waals surface area contributed by atoms with Crippen LogP contribution in [0.3, 0.4) is 0 Å². The van der Waals surface area contributed by atoms with Crippen molar-refractivity contribution < 1.29 is 0 Å². The Bertz CT molecular complexity index is 288. The zero-order valence-corrected chi connectivity index (χ0v) is 9.17. The summed E-state index contributed by atoms with van der Waals surface area (Å²) in [7, 11) is 0. The lowest BCUT2D eigenvalue weighted by atomic mass is 10.1. The Morgan fingerprint density at radius 3 is 2.57 bits per heavy atom. The third-order valence-electron chi connectivity index (χ3n) is 1.97. The third-order valence-corrected chi connectivity index (χ3v) is 2.22. The summed E-state index contributed by atoms with van der Waals surface area (Å²) in [6.07, 6.45) is 6.30. The molecule has 0 fully saturated rings. The number of rotatable bonds is 4. The van der Waals surface area contributed by atoms with Gasteiger partial charge in [-0.1, -0.05) is 35.9 Å². The van der Waals surface area contributed by atoms with Gasteiger partial charge in [0.25, 0.3) is 0 Å². The molecule has 1 rings (SSSR count). The molecular weight excluding hydrogens is 194 g/mol. The molecule has 1 atom stereocenters. The van der Waals surface area contributed by atoms with Crippen molar-refractivity contribution >= 4 is 17.7 Å². The van der Waals surface area contributed by atoms with Gasteiger partial charge < -0.3 is 5.73 Å². The second kappa shape index (κ2) is 5.84. The lowest BCUT2D eigenvalue weighted by Gasteiger charge is -1.99. The molecule has 2 heteroatoms. The second-order valence-corrected chi connectivity index (χ2v) is 3.94. The number of hydrogen-bond acceptors (Lipinski definition) is 1. The summed E-state index contributed by atoms with van der Waals surface area (Å²) in [6.45, 7) is 2.02. The van der Waals surface area contributed by atoms with Gasteiger partial charge >= 0.3 is 0 Å². The van der Waals surface area contributed by atoms with Gasteiger partial charge in [-0.25, -0.2) is 0 Å². The number of nitrogens with two attached hydrogens (primary N) is 1. The predicted octanol–water partition coefficient (Wildman–Crippen LogP) is 3.48. The Hall–Kier alpha value is -0.790. The molecule has 0 aromatic heterocycles. The maximum atomic E-state index is 5.77. The molecular formula is C12H16ClN. The Kier molecular flexibility index (Phi) is 4.71. The Morgan fingerprint density at radius 2 is 2.00 bits per heavy atom. The van der Waals surface area contributed by atoms with Crippen molar-refractivity contribution in [2.45, 2.75) is 25.8 Å². The van der Waals surface area contributed by atoms with Gasteiger partial charge in [0.2, 0.25) is 0 Å². The predicted molar refractivity (Wildman–Crippen MR) is 63.4 cm³/mol. The largest absolute Gasteiger partial charge is 0.328 e. The molecule has 14 heavy (non-hydrogen) atoms. The molecule has 1 nitrogen and oxygen atoms in total. The van der Waals surface area contributed by atoms with Crippen LogP contribution >= 0.6 is 11.6 Å². The molecule has 76 valence electrons. The molecule has 0 spiro atoms. The fraction of sp³-hybridized carbons (Fsp3) is 0.333. The first-order chi connectivity index (χ1) is 6.68. The van der Waals surface area contributed by atoms with Gasteiger partial charge in [0.1, 0.15) is 0 Å². The Morgan fingerprint density at radius 1 is 1.36 bits per heavy atom. The van der Waals surface area contributed by atoms with E-state index in [1.807, 2.05) is 31.2 Å². The molecule has 0 aliphatic rings. The molecule has 0 saturated carbocycles. The van der Waals surface area contributed by atoms with Crippen LogP contribution in [0.15, 0.2) is 30.3 Å². The molecule has 0 aliphatic heterocycles. The van der Waals surface area contributed by atoms with Crippen molar-refractivity contribution in [3.05, 3.63) is 40.9 Å². The van der Waals surface area contributed by atoms with Crippen LogP contribution in [0, 0.1) is 0 Å². The van der Waals surface area contributed by atoms with E-state index >= 15 is 0 Å². The van der Waals surface area contributed by atoms with Crippen LogP contribution < -0.4 is 5.73 Å². The van der Waals surface area contributed by atoms with E-state index in [0.717, 1.165) is 17.9 Å². The lowest BCUT2D eigenvalue weighted by Crippen LogP contribution is -2.13. The van der Waals surface area contributed by atoms with Crippen molar-refractivity contribution in [2.75, 3.05) is 0 Å². The maximum Gasteiger partial charge on any atom is 0.0406 e. The highest BCUT2D eigenvalue weighted by molar-refractivity contribution is 6.30. The third kappa shape index (κ3) is 4.45. The van der Waals surface area contributed by atoms with Crippen LogP contribution in [0.5, 0.6) is 0 Å². The van der Waals surface area contributed by atoms with E-state index < -0.39 is 0 Å². The standard InChI is InChI=1S/C12H16ClN/c1-10(14)4-2-3-5-11-6-8-12(13)9-7-11/h3,5-10H,2,4,14H2,1H3/b5-3+. The van der Waals surface area contributed by atoms with Crippen LogP contribution in [-0.4, -0.2) is 6.04 Å². The molecule has 0 heterocycles. The molecule has 1 unspecified atom stereocenters. The smallest absolute Gasteiger partial charge is 0.0406 e. The zero-order valence-electron chi connectivity index (χ0n) is 8.41. The van der Waals surface area contributed by atoms with Gasteiger partial charge in [0.05, 0.1) is 0 Å². The monoisotopic (exact) mass is 209 g/mol. The van der Waals surface area contributed by atoms with Gasteiger partial charge in [0.15, 0.2) is 0 Å². The van der Waals surface area contributed by atoms with Crippen molar-refractivity contribution in [1.82, 2.24) is 0 Å². The fourth-order valence-electron chi connectivity index (χ4n) is 1.15. The highest BCUT2D eigenvalue weighted by Crippen LogP contribution is 2.11. The molecule has 0 bridgehead atoms. The molecule has 1 aromatic carbocycles. The zero-order chi connectivity index (χ0) is 10.4. The van der Waals surface area contributed by atoms with Gasteiger partial charge in [-0.15, -0.1) is 0 Å². The Labute approximate surface area is 90.6 Å². The van der Waals surface area contributed by atoms with Gasteiger partial charge in [-0.2, -0.15) is 0 Å². The highest BCUT2D eigenvalue weighted by Gasteiger charge is 1.90. The normalized spacial score (nSPS) is 13.4. The first-order valence-electron chi connectivity index (χ1n) is 4.86. The second-order valence-electron chi connectivity index (χ2n) is 3.51. The number of hydrogen-bond donors (Lipinski definition) is 1. The highest BCUT2D eigenvalue weighted by atomic mass is 35.5. The van der Waals surface area contributed by atoms with E-state index in [1.54, 1.807) is 0 Å². The van der Waals surface area contributed by atoms with Crippen LogP contribution in [0.2, 0.25) is 5.02 Å². The van der Waals surface area contributed by atoms with E-state index in [1.165, 1.54) is 5.56 Å². The molecule has 0 radical (unpaired) electrons. The van der Waals surface area contributed by atoms with Gasteiger partial charge in [0, 0.05) is 11.1 Å². The van der Waals surface area contributed by atoms with Crippen molar-refractivity contribution in [3.63, 3.8) is 0 Å². The summed E-state index contributed by atoms with van der Waals surface area (Å²) in [5.74, 6) is 0. The summed E-state index contributed by atoms with van der Waals surface area (Å²) in [4.78, 5) is 0. The van der Waals surface area contributed by atoms with Gasteiger partial charge in [-0.05, 0) is 37.5 Å². The SMILES string of the molecule is CC(N)CC/C=C/c1ccc(Cl)cc1. The minimum atomic E-state index is 0.282. The van der Waals surface area contributed by atoms with Crippen LogP contribution in [-0.2, 0) is 0 Å². The average Bonchev–Trinajstić information content (AvgIpc) is 2.15.